The molecule has 0 bridgehead atoms. The summed E-state index contributed by atoms with van der Waals surface area (Å²) in [6, 6.07) is 0. The van der Waals surface area contributed by atoms with Gasteiger partial charge in [0.05, 0.1) is 24.4 Å². The molecule has 2 fully saturated rings. The highest BCUT2D eigenvalue weighted by molar-refractivity contribution is 7.15. The standard InChI is InChI=1S/C21H28N4O3S2/c1-3-28-20(27)18-16(15-5-6-15)13-29-19(18)23-17(26)11-24-7-4-8-25(10-9-24)21-22-14(2)12-30-21/h12-13,15H,3-11H2,1-2H3,(H,23,26). The van der Waals surface area contributed by atoms with E-state index in [9.17, 15) is 9.59 Å². The monoisotopic (exact) mass is 448 g/mol. The highest BCUT2D eigenvalue weighted by Crippen LogP contribution is 2.46. The minimum Gasteiger partial charge on any atom is -0.462 e. The largest absolute Gasteiger partial charge is 0.462 e. The molecule has 2 aromatic heterocycles. The molecule has 1 amide bonds. The highest BCUT2D eigenvalue weighted by atomic mass is 32.1. The van der Waals surface area contributed by atoms with Gasteiger partial charge in [-0.25, -0.2) is 9.78 Å². The molecule has 1 aliphatic carbocycles. The Morgan fingerprint density at radius 2 is 2.03 bits per heavy atom. The second kappa shape index (κ2) is 9.45. The van der Waals surface area contributed by atoms with E-state index in [1.54, 1.807) is 18.3 Å². The predicted molar refractivity (Wildman–Crippen MR) is 121 cm³/mol. The number of aromatic nitrogens is 1. The summed E-state index contributed by atoms with van der Waals surface area (Å²) in [6.07, 6.45) is 3.18. The number of esters is 1. The summed E-state index contributed by atoms with van der Waals surface area (Å²) < 4.78 is 5.24. The van der Waals surface area contributed by atoms with Gasteiger partial charge < -0.3 is 15.0 Å². The minimum atomic E-state index is -0.333. The molecule has 4 rings (SSSR count). The van der Waals surface area contributed by atoms with E-state index >= 15 is 0 Å². The number of hydrogen-bond donors (Lipinski definition) is 1. The lowest BCUT2D eigenvalue weighted by Gasteiger charge is -2.21. The van der Waals surface area contributed by atoms with Crippen molar-refractivity contribution in [3.05, 3.63) is 27.6 Å². The average molecular weight is 449 g/mol. The summed E-state index contributed by atoms with van der Waals surface area (Å²) in [4.78, 5) is 34.3. The maximum absolute atomic E-state index is 12.8. The maximum Gasteiger partial charge on any atom is 0.341 e. The van der Waals surface area contributed by atoms with E-state index in [1.165, 1.54) is 11.3 Å². The van der Waals surface area contributed by atoms with Gasteiger partial charge in [0.25, 0.3) is 0 Å². The van der Waals surface area contributed by atoms with Crippen molar-refractivity contribution >= 4 is 44.7 Å². The summed E-state index contributed by atoms with van der Waals surface area (Å²) >= 11 is 3.10. The second-order valence-corrected chi connectivity index (χ2v) is 9.54. The van der Waals surface area contributed by atoms with Gasteiger partial charge in [0, 0.05) is 31.6 Å². The van der Waals surface area contributed by atoms with Gasteiger partial charge in [0.1, 0.15) is 5.00 Å². The van der Waals surface area contributed by atoms with E-state index in [0.29, 0.717) is 29.6 Å². The fraction of sp³-hybridized carbons (Fsp3) is 0.571. The predicted octanol–water partition coefficient (Wildman–Crippen LogP) is 3.72. The number of ether oxygens (including phenoxy) is 1. The van der Waals surface area contributed by atoms with Gasteiger partial charge in [0.2, 0.25) is 5.91 Å². The van der Waals surface area contributed by atoms with Gasteiger partial charge in [0.15, 0.2) is 5.13 Å². The topological polar surface area (TPSA) is 74.8 Å². The van der Waals surface area contributed by atoms with Crippen molar-refractivity contribution in [2.75, 3.05) is 49.5 Å². The summed E-state index contributed by atoms with van der Waals surface area (Å²) in [7, 11) is 0. The van der Waals surface area contributed by atoms with Gasteiger partial charge in [-0.05, 0) is 50.0 Å². The third-order valence-electron chi connectivity index (χ3n) is 5.40. The second-order valence-electron chi connectivity index (χ2n) is 7.83. The van der Waals surface area contributed by atoms with Crippen molar-refractivity contribution in [3.63, 3.8) is 0 Å². The Hall–Kier alpha value is -1.97. The molecular formula is C21H28N4O3S2. The van der Waals surface area contributed by atoms with Crippen LogP contribution in [0.5, 0.6) is 0 Å². The van der Waals surface area contributed by atoms with Crippen LogP contribution < -0.4 is 10.2 Å². The van der Waals surface area contributed by atoms with Gasteiger partial charge >= 0.3 is 5.97 Å². The first-order valence-corrected chi connectivity index (χ1v) is 12.3. The summed E-state index contributed by atoms with van der Waals surface area (Å²) in [5.41, 5.74) is 2.63. The van der Waals surface area contributed by atoms with Crippen LogP contribution in [0.3, 0.4) is 0 Å². The van der Waals surface area contributed by atoms with Gasteiger partial charge in [-0.15, -0.1) is 22.7 Å². The minimum absolute atomic E-state index is 0.0803. The number of rotatable bonds is 7. The van der Waals surface area contributed by atoms with Crippen LogP contribution >= 0.6 is 22.7 Å². The van der Waals surface area contributed by atoms with Crippen LogP contribution in [0, 0.1) is 6.92 Å². The molecule has 30 heavy (non-hydrogen) atoms. The Morgan fingerprint density at radius 3 is 2.73 bits per heavy atom. The smallest absolute Gasteiger partial charge is 0.341 e. The number of carbonyl (C=O) groups excluding carboxylic acids is 2. The normalized spacial score (nSPS) is 17.6. The number of nitrogens with one attached hydrogen (secondary N) is 1. The fourth-order valence-electron chi connectivity index (χ4n) is 3.75. The van der Waals surface area contributed by atoms with Gasteiger partial charge in [-0.1, -0.05) is 0 Å². The number of nitrogens with zero attached hydrogens (tertiary/aromatic N) is 3. The number of aryl methyl sites for hydroxylation is 1. The van der Waals surface area contributed by atoms with Crippen molar-refractivity contribution in [2.24, 2.45) is 0 Å². The quantitative estimate of drug-likeness (QED) is 0.651. The molecule has 1 N–H and O–H groups in total. The van der Waals surface area contributed by atoms with Crippen molar-refractivity contribution in [3.8, 4) is 0 Å². The zero-order valence-electron chi connectivity index (χ0n) is 17.5. The lowest BCUT2D eigenvalue weighted by Crippen LogP contribution is -2.36. The van der Waals surface area contributed by atoms with Crippen LogP contribution in [-0.4, -0.2) is 61.1 Å². The molecule has 0 spiro atoms. The van der Waals surface area contributed by atoms with Crippen molar-refractivity contribution < 1.29 is 14.3 Å². The molecule has 1 aliphatic heterocycles. The SMILES string of the molecule is CCOC(=O)c1c(C2CC2)csc1NC(=O)CN1CCCN(c2nc(C)cs2)CC1. The van der Waals surface area contributed by atoms with Crippen molar-refractivity contribution in [2.45, 2.75) is 39.0 Å². The number of anilines is 2. The van der Waals surface area contributed by atoms with Crippen LogP contribution in [0.15, 0.2) is 10.8 Å². The molecular weight excluding hydrogens is 420 g/mol. The Kier molecular flexibility index (Phi) is 6.70. The van der Waals surface area contributed by atoms with Gasteiger partial charge in [-0.2, -0.15) is 0 Å². The third kappa shape index (κ3) is 5.01. The molecule has 7 nitrogen and oxygen atoms in total. The lowest BCUT2D eigenvalue weighted by molar-refractivity contribution is -0.117. The summed E-state index contributed by atoms with van der Waals surface area (Å²) in [6.45, 7) is 7.96. The highest BCUT2D eigenvalue weighted by Gasteiger charge is 2.32. The Labute approximate surface area is 185 Å². The summed E-state index contributed by atoms with van der Waals surface area (Å²) in [5.74, 6) is 0.0146. The molecule has 0 unspecified atom stereocenters. The number of hydrogen-bond acceptors (Lipinski definition) is 8. The number of thiazole rings is 1. The first kappa shape index (κ1) is 21.3. The van der Waals surface area contributed by atoms with Crippen LogP contribution in [0.1, 0.15) is 53.7 Å². The molecule has 2 aliphatic rings. The van der Waals surface area contributed by atoms with Crippen LogP contribution in [0.4, 0.5) is 10.1 Å². The first-order chi connectivity index (χ1) is 14.5. The van der Waals surface area contributed by atoms with Crippen LogP contribution in [0.25, 0.3) is 0 Å². The fourth-order valence-corrected chi connectivity index (χ4v) is 5.65. The number of thiophene rings is 1. The Bertz CT molecular complexity index is 906. The molecule has 2 aromatic rings. The molecule has 0 aromatic carbocycles. The number of carbonyl (C=O) groups is 2. The van der Waals surface area contributed by atoms with Crippen molar-refractivity contribution in [1.29, 1.82) is 0 Å². The maximum atomic E-state index is 12.8. The molecule has 1 saturated carbocycles. The molecule has 162 valence electrons. The molecule has 0 radical (unpaired) electrons. The molecule has 9 heteroatoms. The third-order valence-corrected chi connectivity index (χ3v) is 7.34. The van der Waals surface area contributed by atoms with E-state index in [-0.39, 0.29) is 11.9 Å². The summed E-state index contributed by atoms with van der Waals surface area (Å²) in [5, 5.41) is 8.73. The zero-order chi connectivity index (χ0) is 21.1. The Morgan fingerprint density at radius 1 is 1.20 bits per heavy atom. The Balaban J connectivity index is 1.36. The van der Waals surface area contributed by atoms with Crippen molar-refractivity contribution in [1.82, 2.24) is 9.88 Å². The molecule has 1 saturated heterocycles. The van der Waals surface area contributed by atoms with E-state index < -0.39 is 0 Å². The zero-order valence-corrected chi connectivity index (χ0v) is 19.1. The molecule has 0 atom stereocenters. The van der Waals surface area contributed by atoms with Crippen LogP contribution in [-0.2, 0) is 9.53 Å². The molecule has 3 heterocycles. The average Bonchev–Trinajstić information content (AvgIpc) is 3.40. The van der Waals surface area contributed by atoms with E-state index in [2.05, 4.69) is 25.5 Å². The van der Waals surface area contributed by atoms with E-state index in [1.807, 2.05) is 12.3 Å². The first-order valence-electron chi connectivity index (χ1n) is 10.5. The van der Waals surface area contributed by atoms with E-state index in [0.717, 1.165) is 61.8 Å². The van der Waals surface area contributed by atoms with Gasteiger partial charge in [-0.3, -0.25) is 9.69 Å². The van der Waals surface area contributed by atoms with E-state index in [4.69, 9.17) is 4.74 Å². The van der Waals surface area contributed by atoms with Crippen LogP contribution in [0.2, 0.25) is 0 Å². The lowest BCUT2D eigenvalue weighted by atomic mass is 10.1. The number of amides is 1.